The first kappa shape index (κ1) is 34.8. The number of carbonyl (C=O) groups excluding carboxylic acids is 2. The summed E-state index contributed by atoms with van der Waals surface area (Å²) in [5.74, 6) is 1.54. The number of ether oxygens (including phenoxy) is 1. The largest absolute Gasteiger partial charge is 0.463 e. The lowest BCUT2D eigenvalue weighted by Gasteiger charge is -2.35. The number of rotatable bonds is 14. The molecule has 2 aromatic heterocycles. The number of nitrogens with two attached hydrogens (primary N) is 2. The van der Waals surface area contributed by atoms with Gasteiger partial charge in [0.05, 0.1) is 16.9 Å². The quantitative estimate of drug-likeness (QED) is 0.0853. The fourth-order valence-corrected chi connectivity index (χ4v) is 5.93. The van der Waals surface area contributed by atoms with Crippen LogP contribution in [-0.2, 0) is 9.53 Å². The van der Waals surface area contributed by atoms with Crippen LogP contribution in [0, 0.1) is 13.8 Å². The number of anilines is 4. The van der Waals surface area contributed by atoms with Crippen molar-refractivity contribution in [2.75, 3.05) is 75.5 Å². The number of guanidine groups is 1. The predicted octanol–water partition coefficient (Wildman–Crippen LogP) is 2.85. The zero-order valence-electron chi connectivity index (χ0n) is 26.6. The summed E-state index contributed by atoms with van der Waals surface area (Å²) < 4.78 is 5.62. The number of hydrogen-bond donors (Lipinski definition) is 4. The number of aliphatic imine (C=N–C) groups is 1. The Morgan fingerprint density at radius 1 is 1.17 bits per heavy atom. The molecule has 0 spiro atoms. The van der Waals surface area contributed by atoms with E-state index in [1.807, 2.05) is 51.0 Å². The average molecular weight is 672 g/mol. The van der Waals surface area contributed by atoms with E-state index in [4.69, 9.17) is 27.8 Å². The van der Waals surface area contributed by atoms with Crippen LogP contribution in [0.5, 0.6) is 0 Å². The van der Waals surface area contributed by atoms with Crippen molar-refractivity contribution in [1.29, 1.82) is 0 Å². The Hall–Kier alpha value is -4.05. The summed E-state index contributed by atoms with van der Waals surface area (Å²) in [4.78, 5) is 49.8. The van der Waals surface area contributed by atoms with Gasteiger partial charge in [-0.2, -0.15) is 0 Å². The van der Waals surface area contributed by atoms with E-state index in [9.17, 15) is 9.59 Å². The van der Waals surface area contributed by atoms with E-state index in [-0.39, 0.29) is 23.9 Å². The van der Waals surface area contributed by atoms with E-state index in [2.05, 4.69) is 40.4 Å². The van der Waals surface area contributed by atoms with E-state index in [1.54, 1.807) is 6.07 Å². The topological polar surface area (TPSA) is 180 Å². The van der Waals surface area contributed by atoms with Crippen LogP contribution in [0.1, 0.15) is 33.9 Å². The zero-order chi connectivity index (χ0) is 33.2. The SMILES string of the molecule is Cc1nc(Nc2ncc(C(=O)Nc3c(C)cccc3Cl)s2)cc(N2CCN(CCOC(=O)[C@@H](CCCN=C(N)N)N(C)C)CC2)n1. The van der Waals surface area contributed by atoms with Gasteiger partial charge in [0.1, 0.15) is 35.0 Å². The summed E-state index contributed by atoms with van der Waals surface area (Å²) in [6, 6.07) is 6.99. The zero-order valence-corrected chi connectivity index (χ0v) is 28.2. The number of hydrogen-bond acceptors (Lipinski definition) is 12. The molecule has 6 N–H and O–H groups in total. The normalized spacial score (nSPS) is 14.2. The highest BCUT2D eigenvalue weighted by Crippen LogP contribution is 2.28. The Labute approximate surface area is 278 Å². The number of carbonyl (C=O) groups is 2. The fraction of sp³-hybridized carbons (Fsp3) is 0.467. The first-order valence-corrected chi connectivity index (χ1v) is 16.2. The number of likely N-dealkylation sites (N-methyl/N-ethyl adjacent to an activating group) is 1. The van der Waals surface area contributed by atoms with E-state index >= 15 is 0 Å². The van der Waals surface area contributed by atoms with Crippen LogP contribution in [0.15, 0.2) is 35.5 Å². The Kier molecular flexibility index (Phi) is 12.5. The van der Waals surface area contributed by atoms with Crippen LogP contribution in [0.4, 0.5) is 22.5 Å². The minimum Gasteiger partial charge on any atom is -0.463 e. The third kappa shape index (κ3) is 9.97. The number of benzene rings is 1. The third-order valence-corrected chi connectivity index (χ3v) is 8.65. The van der Waals surface area contributed by atoms with Gasteiger partial charge in [0, 0.05) is 45.3 Å². The van der Waals surface area contributed by atoms with Crippen LogP contribution in [0.25, 0.3) is 0 Å². The van der Waals surface area contributed by atoms with Crippen molar-refractivity contribution in [3.8, 4) is 0 Å². The van der Waals surface area contributed by atoms with Crippen molar-refractivity contribution in [3.05, 3.63) is 51.7 Å². The maximum Gasteiger partial charge on any atom is 0.323 e. The number of para-hydroxylation sites is 1. The predicted molar refractivity (Wildman–Crippen MR) is 183 cm³/mol. The number of nitrogens with one attached hydrogen (secondary N) is 2. The van der Waals surface area contributed by atoms with Gasteiger partial charge in [-0.05, 0) is 52.4 Å². The molecule has 1 amide bonds. The van der Waals surface area contributed by atoms with Gasteiger partial charge in [0.15, 0.2) is 11.1 Å². The Morgan fingerprint density at radius 3 is 2.63 bits per heavy atom. The number of halogens is 1. The smallest absolute Gasteiger partial charge is 0.323 e. The van der Waals surface area contributed by atoms with Crippen molar-refractivity contribution in [1.82, 2.24) is 24.8 Å². The van der Waals surface area contributed by atoms with Crippen LogP contribution in [-0.4, -0.2) is 109 Å². The number of amides is 1. The molecule has 1 atom stereocenters. The van der Waals surface area contributed by atoms with Crippen LogP contribution in [0.3, 0.4) is 0 Å². The summed E-state index contributed by atoms with van der Waals surface area (Å²) in [5, 5.41) is 7.10. The number of aryl methyl sites for hydroxylation is 2. The summed E-state index contributed by atoms with van der Waals surface area (Å²) in [5.41, 5.74) is 12.2. The maximum atomic E-state index is 12.8. The number of nitrogens with zero attached hydrogens (tertiary/aromatic N) is 7. The van der Waals surface area contributed by atoms with Crippen LogP contribution in [0.2, 0.25) is 5.02 Å². The highest BCUT2D eigenvalue weighted by Gasteiger charge is 2.24. The van der Waals surface area contributed by atoms with Gasteiger partial charge in [-0.25, -0.2) is 15.0 Å². The highest BCUT2D eigenvalue weighted by atomic mass is 35.5. The summed E-state index contributed by atoms with van der Waals surface area (Å²) in [7, 11) is 3.72. The monoisotopic (exact) mass is 671 g/mol. The van der Waals surface area contributed by atoms with Gasteiger partial charge in [0.25, 0.3) is 5.91 Å². The maximum absolute atomic E-state index is 12.8. The number of esters is 1. The van der Waals surface area contributed by atoms with E-state index in [0.717, 1.165) is 37.6 Å². The lowest BCUT2D eigenvalue weighted by Crippen LogP contribution is -2.48. The molecule has 248 valence electrons. The second kappa shape index (κ2) is 16.5. The standard InChI is InChI=1S/C30H42ClN11O3S/c1-19-7-5-8-21(31)26(19)39-27(43)23-18-35-30(46-23)38-24-17-25(37-20(2)36-24)42-13-11-41(12-14-42)15-16-45-28(44)22(40(3)4)9-6-10-34-29(32)33/h5,7-8,17-18,22H,6,9-16H2,1-4H3,(H,39,43)(H4,32,33,34)(H,35,36,37,38)/t22-/m1/s1. The van der Waals surface area contributed by atoms with Gasteiger partial charge in [-0.3, -0.25) is 24.4 Å². The molecule has 1 fully saturated rings. The van der Waals surface area contributed by atoms with E-state index in [0.29, 0.717) is 64.9 Å². The molecule has 3 heterocycles. The van der Waals surface area contributed by atoms with Gasteiger partial charge in [-0.1, -0.05) is 35.1 Å². The van der Waals surface area contributed by atoms with Gasteiger partial charge in [-0.15, -0.1) is 0 Å². The number of thiazole rings is 1. The molecular weight excluding hydrogens is 630 g/mol. The van der Waals surface area contributed by atoms with Gasteiger partial charge >= 0.3 is 5.97 Å². The molecule has 1 aromatic carbocycles. The Balaban J connectivity index is 1.25. The van der Waals surface area contributed by atoms with E-state index < -0.39 is 0 Å². The van der Waals surface area contributed by atoms with E-state index in [1.165, 1.54) is 17.5 Å². The molecule has 4 rings (SSSR count). The van der Waals surface area contributed by atoms with Crippen molar-refractivity contribution in [2.45, 2.75) is 32.7 Å². The summed E-state index contributed by atoms with van der Waals surface area (Å²) in [6.45, 7) is 8.30. The minimum absolute atomic E-state index is 0.0499. The Morgan fingerprint density at radius 2 is 1.93 bits per heavy atom. The first-order chi connectivity index (χ1) is 22.0. The lowest BCUT2D eigenvalue weighted by atomic mass is 10.1. The second-order valence-corrected chi connectivity index (χ2v) is 12.6. The molecule has 16 heteroatoms. The number of aromatic nitrogens is 3. The lowest BCUT2D eigenvalue weighted by molar-refractivity contribution is -0.149. The molecule has 1 aliphatic rings. The summed E-state index contributed by atoms with van der Waals surface area (Å²) >= 11 is 7.49. The first-order valence-electron chi connectivity index (χ1n) is 15.0. The molecule has 0 bridgehead atoms. The van der Waals surface area contributed by atoms with Crippen LogP contribution >= 0.6 is 22.9 Å². The van der Waals surface area contributed by atoms with Crippen molar-refractivity contribution in [3.63, 3.8) is 0 Å². The second-order valence-electron chi connectivity index (χ2n) is 11.1. The summed E-state index contributed by atoms with van der Waals surface area (Å²) in [6.07, 6.45) is 2.82. The fourth-order valence-electron chi connectivity index (χ4n) is 4.94. The van der Waals surface area contributed by atoms with Crippen molar-refractivity contribution < 1.29 is 14.3 Å². The van der Waals surface area contributed by atoms with Crippen molar-refractivity contribution >= 4 is 63.2 Å². The van der Waals surface area contributed by atoms with Gasteiger partial charge < -0.3 is 31.7 Å². The molecule has 1 saturated heterocycles. The molecule has 46 heavy (non-hydrogen) atoms. The molecule has 0 radical (unpaired) electrons. The number of piperazine rings is 1. The molecular formula is C30H42ClN11O3S. The molecule has 3 aromatic rings. The molecule has 1 aliphatic heterocycles. The Bertz CT molecular complexity index is 1500. The molecule has 14 nitrogen and oxygen atoms in total. The van der Waals surface area contributed by atoms with Crippen LogP contribution < -0.4 is 27.0 Å². The highest BCUT2D eigenvalue weighted by molar-refractivity contribution is 7.17. The van der Waals surface area contributed by atoms with Gasteiger partial charge in [0.2, 0.25) is 0 Å². The molecule has 0 unspecified atom stereocenters. The molecule has 0 saturated carbocycles. The average Bonchev–Trinajstić information content (AvgIpc) is 3.47. The molecule has 0 aliphatic carbocycles. The third-order valence-electron chi connectivity index (χ3n) is 7.42. The van der Waals surface area contributed by atoms with Crippen molar-refractivity contribution in [2.24, 2.45) is 16.5 Å². The minimum atomic E-state index is -0.347.